The molecule has 1 aromatic rings. The zero-order chi connectivity index (χ0) is 14.8. The number of methoxy groups -OCH3 is 1. The SMILES string of the molecule is COC(=O)CCCCC(C=O)Cc1cccc(C#N)c1. The van der Waals surface area contributed by atoms with E-state index in [4.69, 9.17) is 5.26 Å². The highest BCUT2D eigenvalue weighted by molar-refractivity contribution is 5.69. The zero-order valence-electron chi connectivity index (χ0n) is 11.7. The molecule has 106 valence electrons. The van der Waals surface area contributed by atoms with Crippen LogP contribution in [0.2, 0.25) is 0 Å². The Hall–Kier alpha value is -2.15. The molecular weight excluding hydrogens is 254 g/mol. The van der Waals surface area contributed by atoms with E-state index in [9.17, 15) is 9.59 Å². The van der Waals surface area contributed by atoms with Crippen molar-refractivity contribution < 1.29 is 14.3 Å². The van der Waals surface area contributed by atoms with Crippen LogP contribution in [-0.4, -0.2) is 19.4 Å². The van der Waals surface area contributed by atoms with Gasteiger partial charge in [0.2, 0.25) is 0 Å². The molecule has 0 saturated heterocycles. The number of esters is 1. The predicted molar refractivity (Wildman–Crippen MR) is 74.9 cm³/mol. The number of carbonyl (C=O) groups is 2. The lowest BCUT2D eigenvalue weighted by atomic mass is 9.94. The fourth-order valence-corrected chi connectivity index (χ4v) is 2.07. The molecule has 0 aliphatic carbocycles. The number of nitriles is 1. The number of hydrogen-bond donors (Lipinski definition) is 0. The van der Waals surface area contributed by atoms with Gasteiger partial charge in [-0.15, -0.1) is 0 Å². The van der Waals surface area contributed by atoms with Gasteiger partial charge in [0.05, 0.1) is 18.7 Å². The molecule has 4 nitrogen and oxygen atoms in total. The monoisotopic (exact) mass is 273 g/mol. The Kier molecular flexibility index (Phi) is 7.05. The van der Waals surface area contributed by atoms with Gasteiger partial charge in [-0.25, -0.2) is 0 Å². The molecule has 4 heteroatoms. The van der Waals surface area contributed by atoms with Gasteiger partial charge < -0.3 is 9.53 Å². The summed E-state index contributed by atoms with van der Waals surface area (Å²) < 4.78 is 4.57. The topological polar surface area (TPSA) is 67.2 Å². The molecule has 1 atom stereocenters. The van der Waals surface area contributed by atoms with Crippen molar-refractivity contribution >= 4 is 12.3 Å². The second kappa shape index (κ2) is 8.87. The molecule has 1 unspecified atom stereocenters. The molecule has 0 aliphatic heterocycles. The number of ether oxygens (including phenoxy) is 1. The fraction of sp³-hybridized carbons (Fsp3) is 0.438. The maximum absolute atomic E-state index is 11.1. The maximum atomic E-state index is 11.1. The second-order valence-corrected chi connectivity index (χ2v) is 4.73. The van der Waals surface area contributed by atoms with E-state index in [2.05, 4.69) is 10.8 Å². The molecule has 1 rings (SSSR count). The van der Waals surface area contributed by atoms with E-state index in [1.807, 2.05) is 18.2 Å². The summed E-state index contributed by atoms with van der Waals surface area (Å²) in [6.45, 7) is 0. The van der Waals surface area contributed by atoms with Crippen LogP contribution in [-0.2, 0) is 20.7 Å². The zero-order valence-corrected chi connectivity index (χ0v) is 11.7. The van der Waals surface area contributed by atoms with Crippen molar-refractivity contribution in [1.82, 2.24) is 0 Å². The van der Waals surface area contributed by atoms with E-state index in [-0.39, 0.29) is 11.9 Å². The van der Waals surface area contributed by atoms with Gasteiger partial charge in [0, 0.05) is 12.3 Å². The molecule has 0 N–H and O–H groups in total. The van der Waals surface area contributed by atoms with Crippen molar-refractivity contribution in [3.63, 3.8) is 0 Å². The van der Waals surface area contributed by atoms with Crippen molar-refractivity contribution in [2.24, 2.45) is 5.92 Å². The normalized spacial score (nSPS) is 11.4. The minimum atomic E-state index is -0.214. The highest BCUT2D eigenvalue weighted by Gasteiger charge is 2.09. The molecule has 0 fully saturated rings. The Labute approximate surface area is 119 Å². The Morgan fingerprint density at radius 3 is 2.90 bits per heavy atom. The highest BCUT2D eigenvalue weighted by Crippen LogP contribution is 2.15. The predicted octanol–water partition coefficient (Wildman–Crippen LogP) is 2.65. The number of rotatable bonds is 8. The molecule has 0 saturated carbocycles. The second-order valence-electron chi connectivity index (χ2n) is 4.73. The van der Waals surface area contributed by atoms with Crippen molar-refractivity contribution in [2.45, 2.75) is 32.1 Å². The molecule has 0 radical (unpaired) electrons. The standard InChI is InChI=1S/C16H19NO3/c1-20-16(19)8-3-2-5-15(12-18)10-13-6-4-7-14(9-13)11-17/h4,6-7,9,12,15H,2-3,5,8,10H2,1H3. The lowest BCUT2D eigenvalue weighted by molar-refractivity contribution is -0.140. The summed E-state index contributed by atoms with van der Waals surface area (Å²) in [5.74, 6) is -0.282. The molecule has 1 aromatic carbocycles. The summed E-state index contributed by atoms with van der Waals surface area (Å²) in [7, 11) is 1.37. The lowest BCUT2D eigenvalue weighted by Crippen LogP contribution is -2.07. The quantitative estimate of drug-likeness (QED) is 0.415. The molecule has 0 bridgehead atoms. The fourth-order valence-electron chi connectivity index (χ4n) is 2.07. The number of unbranched alkanes of at least 4 members (excludes halogenated alkanes) is 1. The Balaban J connectivity index is 2.41. The van der Waals surface area contributed by atoms with E-state index >= 15 is 0 Å². The van der Waals surface area contributed by atoms with Gasteiger partial charge in [-0.3, -0.25) is 4.79 Å². The first-order valence-electron chi connectivity index (χ1n) is 6.70. The van der Waals surface area contributed by atoms with Gasteiger partial charge >= 0.3 is 5.97 Å². The summed E-state index contributed by atoms with van der Waals surface area (Å²) in [6.07, 6.45) is 4.28. The number of aldehydes is 1. The van der Waals surface area contributed by atoms with E-state index in [0.717, 1.165) is 31.1 Å². The largest absolute Gasteiger partial charge is 0.469 e. The van der Waals surface area contributed by atoms with Crippen LogP contribution in [0.15, 0.2) is 24.3 Å². The minimum Gasteiger partial charge on any atom is -0.469 e. The van der Waals surface area contributed by atoms with Crippen LogP contribution in [0.1, 0.15) is 36.8 Å². The average molecular weight is 273 g/mol. The van der Waals surface area contributed by atoms with Crippen LogP contribution < -0.4 is 0 Å². The van der Waals surface area contributed by atoms with Crippen LogP contribution in [0.4, 0.5) is 0 Å². The highest BCUT2D eigenvalue weighted by atomic mass is 16.5. The van der Waals surface area contributed by atoms with Crippen molar-refractivity contribution in [3.05, 3.63) is 35.4 Å². The third-order valence-corrected chi connectivity index (χ3v) is 3.18. The smallest absolute Gasteiger partial charge is 0.305 e. The van der Waals surface area contributed by atoms with Crippen molar-refractivity contribution in [2.75, 3.05) is 7.11 Å². The first-order chi connectivity index (χ1) is 9.69. The van der Waals surface area contributed by atoms with Crippen molar-refractivity contribution in [3.8, 4) is 6.07 Å². The third-order valence-electron chi connectivity index (χ3n) is 3.18. The van der Waals surface area contributed by atoms with E-state index < -0.39 is 0 Å². The number of nitrogens with zero attached hydrogens (tertiary/aromatic N) is 1. The van der Waals surface area contributed by atoms with Crippen molar-refractivity contribution in [1.29, 1.82) is 5.26 Å². The molecule has 0 aromatic heterocycles. The van der Waals surface area contributed by atoms with Gasteiger partial charge in [0.1, 0.15) is 6.29 Å². The van der Waals surface area contributed by atoms with Gasteiger partial charge in [-0.2, -0.15) is 5.26 Å². The molecule has 0 amide bonds. The maximum Gasteiger partial charge on any atom is 0.305 e. The van der Waals surface area contributed by atoms with Crippen LogP contribution >= 0.6 is 0 Å². The van der Waals surface area contributed by atoms with Crippen LogP contribution in [0, 0.1) is 17.2 Å². The molecular formula is C16H19NO3. The van der Waals surface area contributed by atoms with Gasteiger partial charge in [-0.05, 0) is 37.0 Å². The third kappa shape index (κ3) is 5.66. The summed E-state index contributed by atoms with van der Waals surface area (Å²) in [5, 5.41) is 8.84. The molecule has 0 heterocycles. The van der Waals surface area contributed by atoms with Crippen LogP contribution in [0.5, 0.6) is 0 Å². The summed E-state index contributed by atoms with van der Waals surface area (Å²) in [6, 6.07) is 9.40. The average Bonchev–Trinajstić information content (AvgIpc) is 2.50. The summed E-state index contributed by atoms with van der Waals surface area (Å²) in [5.41, 5.74) is 1.60. The lowest BCUT2D eigenvalue weighted by Gasteiger charge is -2.10. The summed E-state index contributed by atoms with van der Waals surface area (Å²) >= 11 is 0. The molecule has 20 heavy (non-hydrogen) atoms. The van der Waals surface area contributed by atoms with Crippen LogP contribution in [0.25, 0.3) is 0 Å². The number of benzene rings is 1. The first-order valence-corrected chi connectivity index (χ1v) is 6.70. The van der Waals surface area contributed by atoms with Gasteiger partial charge in [0.25, 0.3) is 0 Å². The van der Waals surface area contributed by atoms with E-state index in [1.54, 1.807) is 6.07 Å². The number of carbonyl (C=O) groups excluding carboxylic acids is 2. The summed E-state index contributed by atoms with van der Waals surface area (Å²) in [4.78, 5) is 22.1. The van der Waals surface area contributed by atoms with E-state index in [0.29, 0.717) is 18.4 Å². The van der Waals surface area contributed by atoms with Gasteiger partial charge in [-0.1, -0.05) is 18.6 Å². The van der Waals surface area contributed by atoms with E-state index in [1.165, 1.54) is 7.11 Å². The molecule has 0 aliphatic rings. The minimum absolute atomic E-state index is 0.0680. The Morgan fingerprint density at radius 1 is 1.45 bits per heavy atom. The molecule has 0 spiro atoms. The van der Waals surface area contributed by atoms with Gasteiger partial charge in [0.15, 0.2) is 0 Å². The Morgan fingerprint density at radius 2 is 2.25 bits per heavy atom. The van der Waals surface area contributed by atoms with Crippen LogP contribution in [0.3, 0.4) is 0 Å². The number of hydrogen-bond acceptors (Lipinski definition) is 4. The Bertz CT molecular complexity index is 491. The first kappa shape index (κ1) is 15.9.